The van der Waals surface area contributed by atoms with Crippen LogP contribution in [0.3, 0.4) is 0 Å². The third-order valence-electron chi connectivity index (χ3n) is 2.43. The number of benzene rings is 1. The normalized spacial score (nSPS) is 9.69. The van der Waals surface area contributed by atoms with Crippen LogP contribution in [-0.2, 0) is 6.42 Å². The zero-order valence-electron chi connectivity index (χ0n) is 8.18. The molecule has 13 heavy (non-hydrogen) atoms. The quantitative estimate of drug-likeness (QED) is 0.712. The van der Waals surface area contributed by atoms with Gasteiger partial charge in [-0.05, 0) is 43.0 Å². The van der Waals surface area contributed by atoms with E-state index in [0.717, 1.165) is 22.3 Å². The first-order valence-electron chi connectivity index (χ1n) is 4.23. The fourth-order valence-corrected chi connectivity index (χ4v) is 1.42. The van der Waals surface area contributed by atoms with Crippen molar-refractivity contribution in [2.45, 2.75) is 27.2 Å². The highest BCUT2D eigenvalue weighted by atomic mass is 16.3. The van der Waals surface area contributed by atoms with Crippen LogP contribution in [-0.4, -0.2) is 5.11 Å². The average Bonchev–Trinajstić information content (AvgIpc) is 2.11. The van der Waals surface area contributed by atoms with Crippen LogP contribution in [0.4, 0.5) is 0 Å². The summed E-state index contributed by atoms with van der Waals surface area (Å²) in [6.07, 6.45) is 0.411. The molecule has 1 N–H and O–H groups in total. The van der Waals surface area contributed by atoms with Crippen LogP contribution >= 0.6 is 0 Å². The highest BCUT2D eigenvalue weighted by Crippen LogP contribution is 2.27. The molecule has 0 spiro atoms. The van der Waals surface area contributed by atoms with E-state index in [9.17, 15) is 5.11 Å². The molecule has 0 radical (unpaired) electrons. The van der Waals surface area contributed by atoms with Crippen molar-refractivity contribution in [3.05, 3.63) is 28.3 Å². The molecule has 0 unspecified atom stereocenters. The molecular weight excluding hydrogens is 162 g/mol. The summed E-state index contributed by atoms with van der Waals surface area (Å²) in [6.45, 7) is 5.66. The van der Waals surface area contributed by atoms with Gasteiger partial charge < -0.3 is 5.11 Å². The number of aromatic hydroxyl groups is 1. The summed E-state index contributed by atoms with van der Waals surface area (Å²) in [5, 5.41) is 18.2. The Balaban J connectivity index is 3.34. The maximum atomic E-state index is 9.60. The van der Waals surface area contributed by atoms with Crippen LogP contribution < -0.4 is 0 Å². The first-order chi connectivity index (χ1) is 6.07. The molecular formula is C11H13NO. The molecule has 68 valence electrons. The molecule has 0 saturated carbocycles. The van der Waals surface area contributed by atoms with Gasteiger partial charge in [0.15, 0.2) is 0 Å². The van der Waals surface area contributed by atoms with Gasteiger partial charge in [0.25, 0.3) is 0 Å². The second kappa shape index (κ2) is 3.49. The van der Waals surface area contributed by atoms with Crippen LogP contribution in [0, 0.1) is 32.1 Å². The van der Waals surface area contributed by atoms with Gasteiger partial charge in [-0.25, -0.2) is 0 Å². The molecule has 1 aromatic carbocycles. The zero-order valence-corrected chi connectivity index (χ0v) is 8.18. The van der Waals surface area contributed by atoms with Crippen LogP contribution in [0.1, 0.15) is 22.3 Å². The SMILES string of the molecule is Cc1cc(CC#N)c(C)c(C)c1O. The molecule has 1 rings (SSSR count). The molecule has 2 heteroatoms. The summed E-state index contributed by atoms with van der Waals surface area (Å²) in [7, 11) is 0. The lowest BCUT2D eigenvalue weighted by atomic mass is 9.97. The summed E-state index contributed by atoms with van der Waals surface area (Å²) < 4.78 is 0. The maximum Gasteiger partial charge on any atom is 0.121 e. The van der Waals surface area contributed by atoms with Gasteiger partial charge in [0.1, 0.15) is 5.75 Å². The van der Waals surface area contributed by atoms with E-state index in [-0.39, 0.29) is 0 Å². The fraction of sp³-hybridized carbons (Fsp3) is 0.364. The Morgan fingerprint density at radius 3 is 2.46 bits per heavy atom. The van der Waals surface area contributed by atoms with Crippen molar-refractivity contribution in [1.82, 2.24) is 0 Å². The standard InChI is InChI=1S/C11H13NO/c1-7-6-10(4-5-12)8(2)9(3)11(7)13/h6,13H,4H2,1-3H3. The first kappa shape index (κ1) is 9.60. The second-order valence-electron chi connectivity index (χ2n) is 3.29. The highest BCUT2D eigenvalue weighted by Gasteiger charge is 2.08. The highest BCUT2D eigenvalue weighted by molar-refractivity contribution is 5.48. The molecule has 0 aliphatic rings. The molecule has 0 heterocycles. The van der Waals surface area contributed by atoms with Crippen LogP contribution in [0.5, 0.6) is 5.75 Å². The van der Waals surface area contributed by atoms with E-state index >= 15 is 0 Å². The topological polar surface area (TPSA) is 44.0 Å². The lowest BCUT2D eigenvalue weighted by Gasteiger charge is -2.10. The van der Waals surface area contributed by atoms with Crippen LogP contribution in [0.25, 0.3) is 0 Å². The van der Waals surface area contributed by atoms with E-state index in [1.54, 1.807) is 0 Å². The minimum Gasteiger partial charge on any atom is -0.507 e. The average molecular weight is 175 g/mol. The van der Waals surface area contributed by atoms with Crippen molar-refractivity contribution in [3.63, 3.8) is 0 Å². The van der Waals surface area contributed by atoms with Gasteiger partial charge in [-0.2, -0.15) is 5.26 Å². The van der Waals surface area contributed by atoms with E-state index in [1.807, 2.05) is 26.8 Å². The van der Waals surface area contributed by atoms with Gasteiger partial charge in [-0.15, -0.1) is 0 Å². The number of hydrogen-bond acceptors (Lipinski definition) is 2. The third-order valence-corrected chi connectivity index (χ3v) is 2.43. The Kier molecular flexibility index (Phi) is 2.57. The number of phenols is 1. The number of phenolic OH excluding ortho intramolecular Hbond substituents is 1. The van der Waals surface area contributed by atoms with Gasteiger partial charge in [0.2, 0.25) is 0 Å². The number of hydrogen-bond donors (Lipinski definition) is 1. The summed E-state index contributed by atoms with van der Waals surface area (Å²) >= 11 is 0. The smallest absolute Gasteiger partial charge is 0.121 e. The monoisotopic (exact) mass is 175 g/mol. The molecule has 0 fully saturated rings. The molecule has 2 nitrogen and oxygen atoms in total. The predicted octanol–water partition coefficient (Wildman–Crippen LogP) is 2.38. The molecule has 0 aromatic heterocycles. The van der Waals surface area contributed by atoms with Crippen LogP contribution in [0.15, 0.2) is 6.07 Å². The predicted molar refractivity (Wildman–Crippen MR) is 51.6 cm³/mol. The van der Waals surface area contributed by atoms with Crippen molar-refractivity contribution in [2.24, 2.45) is 0 Å². The van der Waals surface area contributed by atoms with E-state index in [0.29, 0.717) is 12.2 Å². The second-order valence-corrected chi connectivity index (χ2v) is 3.29. The summed E-state index contributed by atoms with van der Waals surface area (Å²) in [4.78, 5) is 0. The van der Waals surface area contributed by atoms with Gasteiger partial charge in [0, 0.05) is 0 Å². The van der Waals surface area contributed by atoms with Gasteiger partial charge in [-0.3, -0.25) is 0 Å². The lowest BCUT2D eigenvalue weighted by molar-refractivity contribution is 0.466. The fourth-order valence-electron chi connectivity index (χ4n) is 1.42. The Hall–Kier alpha value is -1.49. The van der Waals surface area contributed by atoms with Gasteiger partial charge in [0.05, 0.1) is 12.5 Å². The molecule has 0 amide bonds. The minimum absolute atomic E-state index is 0.346. The Morgan fingerprint density at radius 1 is 1.31 bits per heavy atom. The van der Waals surface area contributed by atoms with E-state index in [4.69, 9.17) is 5.26 Å². The Labute approximate surface area is 78.4 Å². The van der Waals surface area contributed by atoms with E-state index < -0.39 is 0 Å². The van der Waals surface area contributed by atoms with Gasteiger partial charge >= 0.3 is 0 Å². The maximum absolute atomic E-state index is 9.60. The molecule has 1 aromatic rings. The van der Waals surface area contributed by atoms with Crippen LogP contribution in [0.2, 0.25) is 0 Å². The number of nitrogens with zero attached hydrogens (tertiary/aromatic N) is 1. The van der Waals surface area contributed by atoms with E-state index in [1.165, 1.54) is 0 Å². The zero-order chi connectivity index (χ0) is 10.0. The van der Waals surface area contributed by atoms with E-state index in [2.05, 4.69) is 6.07 Å². The summed E-state index contributed by atoms with van der Waals surface area (Å²) in [6, 6.07) is 3.99. The Bertz CT molecular complexity index is 375. The number of nitriles is 1. The summed E-state index contributed by atoms with van der Waals surface area (Å²) in [5.74, 6) is 0.346. The van der Waals surface area contributed by atoms with Gasteiger partial charge in [-0.1, -0.05) is 6.07 Å². The largest absolute Gasteiger partial charge is 0.507 e. The van der Waals surface area contributed by atoms with Crippen molar-refractivity contribution in [2.75, 3.05) is 0 Å². The molecule has 0 atom stereocenters. The molecule has 0 saturated heterocycles. The van der Waals surface area contributed by atoms with Crippen molar-refractivity contribution >= 4 is 0 Å². The third kappa shape index (κ3) is 1.65. The lowest BCUT2D eigenvalue weighted by Crippen LogP contribution is -1.93. The number of rotatable bonds is 1. The Morgan fingerprint density at radius 2 is 1.92 bits per heavy atom. The van der Waals surface area contributed by atoms with Crippen molar-refractivity contribution < 1.29 is 5.11 Å². The molecule has 0 bridgehead atoms. The number of aryl methyl sites for hydroxylation is 1. The van der Waals surface area contributed by atoms with Crippen molar-refractivity contribution in [3.8, 4) is 11.8 Å². The molecule has 0 aliphatic carbocycles. The summed E-state index contributed by atoms with van der Waals surface area (Å²) in [5.41, 5.74) is 3.75. The minimum atomic E-state index is 0.346. The van der Waals surface area contributed by atoms with Crippen molar-refractivity contribution in [1.29, 1.82) is 5.26 Å². The molecule has 0 aliphatic heterocycles. The first-order valence-corrected chi connectivity index (χ1v) is 4.23.